The lowest BCUT2D eigenvalue weighted by atomic mass is 9.77. The van der Waals surface area contributed by atoms with Crippen molar-refractivity contribution in [3.63, 3.8) is 0 Å². The number of hydrogen-bond donors (Lipinski definition) is 3. The molecule has 3 aliphatic heterocycles. The topological polar surface area (TPSA) is 56.4 Å². The van der Waals surface area contributed by atoms with Crippen molar-refractivity contribution in [2.75, 3.05) is 32.7 Å². The highest BCUT2D eigenvalue weighted by Crippen LogP contribution is 2.37. The van der Waals surface area contributed by atoms with E-state index in [0.717, 1.165) is 45.6 Å². The van der Waals surface area contributed by atoms with Crippen LogP contribution in [0.25, 0.3) is 0 Å². The maximum atomic E-state index is 12.8. The van der Waals surface area contributed by atoms with E-state index in [9.17, 15) is 4.79 Å². The summed E-state index contributed by atoms with van der Waals surface area (Å²) in [6.07, 6.45) is 4.44. The SMILES string of the molecule is CC(C)(CNC(=O)[C@H]1CC2(CCNCC2)CN1)N1CCc2ccccc2C1. The van der Waals surface area contributed by atoms with Crippen LogP contribution in [-0.4, -0.2) is 55.1 Å². The molecule has 3 N–H and O–H groups in total. The van der Waals surface area contributed by atoms with E-state index >= 15 is 0 Å². The van der Waals surface area contributed by atoms with Crippen molar-refractivity contribution >= 4 is 5.91 Å². The Hall–Kier alpha value is -1.43. The van der Waals surface area contributed by atoms with Gasteiger partial charge in [0.15, 0.2) is 0 Å². The van der Waals surface area contributed by atoms with Crippen molar-refractivity contribution in [3.05, 3.63) is 35.4 Å². The minimum Gasteiger partial charge on any atom is -0.353 e. The number of piperidine rings is 1. The first-order chi connectivity index (χ1) is 13.0. The molecule has 5 heteroatoms. The van der Waals surface area contributed by atoms with E-state index in [1.807, 2.05) is 0 Å². The summed E-state index contributed by atoms with van der Waals surface area (Å²) < 4.78 is 0. The predicted molar refractivity (Wildman–Crippen MR) is 109 cm³/mol. The molecular weight excluding hydrogens is 336 g/mol. The van der Waals surface area contributed by atoms with E-state index in [-0.39, 0.29) is 17.5 Å². The summed E-state index contributed by atoms with van der Waals surface area (Å²) >= 11 is 0. The molecule has 0 bridgehead atoms. The Balaban J connectivity index is 1.31. The van der Waals surface area contributed by atoms with Crippen LogP contribution in [0.3, 0.4) is 0 Å². The molecule has 0 saturated carbocycles. The molecule has 1 amide bonds. The zero-order valence-electron chi connectivity index (χ0n) is 16.8. The van der Waals surface area contributed by atoms with Gasteiger partial charge >= 0.3 is 0 Å². The van der Waals surface area contributed by atoms with Crippen LogP contribution in [-0.2, 0) is 17.8 Å². The van der Waals surface area contributed by atoms with E-state index < -0.39 is 0 Å². The summed E-state index contributed by atoms with van der Waals surface area (Å²) in [6.45, 7) is 10.4. The van der Waals surface area contributed by atoms with Gasteiger partial charge in [0.1, 0.15) is 0 Å². The van der Waals surface area contributed by atoms with Crippen LogP contribution in [0.5, 0.6) is 0 Å². The van der Waals surface area contributed by atoms with Crippen LogP contribution in [0.15, 0.2) is 24.3 Å². The van der Waals surface area contributed by atoms with Gasteiger partial charge in [-0.25, -0.2) is 0 Å². The van der Waals surface area contributed by atoms with Gasteiger partial charge in [-0.2, -0.15) is 0 Å². The maximum absolute atomic E-state index is 12.8. The largest absolute Gasteiger partial charge is 0.353 e. The highest BCUT2D eigenvalue weighted by Gasteiger charge is 2.42. The van der Waals surface area contributed by atoms with Crippen molar-refractivity contribution in [2.24, 2.45) is 5.41 Å². The summed E-state index contributed by atoms with van der Waals surface area (Å²) in [5.41, 5.74) is 3.18. The molecule has 3 aliphatic rings. The first kappa shape index (κ1) is 18.9. The molecule has 1 aromatic rings. The molecule has 0 unspecified atom stereocenters. The van der Waals surface area contributed by atoms with Gasteiger partial charge in [0.2, 0.25) is 5.91 Å². The Bertz CT molecular complexity index is 681. The Morgan fingerprint density at radius 3 is 2.78 bits per heavy atom. The summed E-state index contributed by atoms with van der Waals surface area (Å²) in [6, 6.07) is 8.70. The van der Waals surface area contributed by atoms with Gasteiger partial charge in [-0.3, -0.25) is 9.69 Å². The fourth-order valence-electron chi connectivity index (χ4n) is 4.99. The summed E-state index contributed by atoms with van der Waals surface area (Å²) in [5, 5.41) is 10.2. The van der Waals surface area contributed by atoms with Gasteiger partial charge in [0.05, 0.1) is 6.04 Å². The number of rotatable bonds is 4. The average molecular weight is 371 g/mol. The monoisotopic (exact) mass is 370 g/mol. The minimum atomic E-state index is -0.0474. The second-order valence-corrected chi connectivity index (χ2v) is 9.36. The molecule has 0 aromatic heterocycles. The number of carbonyl (C=O) groups is 1. The van der Waals surface area contributed by atoms with Crippen LogP contribution in [0.1, 0.15) is 44.2 Å². The molecule has 2 fully saturated rings. The summed E-state index contributed by atoms with van der Waals surface area (Å²) in [7, 11) is 0. The molecule has 148 valence electrons. The molecule has 27 heavy (non-hydrogen) atoms. The third-order valence-corrected chi connectivity index (χ3v) is 7.02. The summed E-state index contributed by atoms with van der Waals surface area (Å²) in [4.78, 5) is 15.3. The highest BCUT2D eigenvalue weighted by molar-refractivity contribution is 5.82. The lowest BCUT2D eigenvalue weighted by Crippen LogP contribution is -2.54. The fourth-order valence-corrected chi connectivity index (χ4v) is 4.99. The van der Waals surface area contributed by atoms with Crippen LogP contribution in [0.2, 0.25) is 0 Å². The smallest absolute Gasteiger partial charge is 0.237 e. The lowest BCUT2D eigenvalue weighted by molar-refractivity contribution is -0.123. The van der Waals surface area contributed by atoms with E-state index in [4.69, 9.17) is 0 Å². The number of fused-ring (bicyclic) bond motifs is 1. The molecular formula is C22H34N4O. The number of nitrogens with zero attached hydrogens (tertiary/aromatic N) is 1. The quantitative estimate of drug-likeness (QED) is 0.755. The normalized spacial score (nSPS) is 25.3. The highest BCUT2D eigenvalue weighted by atomic mass is 16.2. The van der Waals surface area contributed by atoms with Crippen LogP contribution < -0.4 is 16.0 Å². The van der Waals surface area contributed by atoms with E-state index in [1.54, 1.807) is 0 Å². The van der Waals surface area contributed by atoms with Crippen LogP contribution in [0.4, 0.5) is 0 Å². The van der Waals surface area contributed by atoms with Gasteiger partial charge in [-0.1, -0.05) is 24.3 Å². The Morgan fingerprint density at radius 1 is 1.26 bits per heavy atom. The number of carbonyl (C=O) groups excluding carboxylic acids is 1. The van der Waals surface area contributed by atoms with Gasteiger partial charge in [-0.05, 0) is 69.2 Å². The molecule has 1 spiro atoms. The van der Waals surface area contributed by atoms with Crippen molar-refractivity contribution in [2.45, 2.75) is 57.7 Å². The Morgan fingerprint density at radius 2 is 2.00 bits per heavy atom. The molecule has 2 saturated heterocycles. The van der Waals surface area contributed by atoms with Gasteiger partial charge < -0.3 is 16.0 Å². The Labute approximate surface area is 163 Å². The second-order valence-electron chi connectivity index (χ2n) is 9.36. The van der Waals surface area contributed by atoms with Crippen molar-refractivity contribution in [3.8, 4) is 0 Å². The minimum absolute atomic E-state index is 0.0269. The van der Waals surface area contributed by atoms with E-state index in [1.165, 1.54) is 24.0 Å². The summed E-state index contributed by atoms with van der Waals surface area (Å²) in [5.74, 6) is 0.177. The molecule has 3 heterocycles. The van der Waals surface area contributed by atoms with Gasteiger partial charge in [-0.15, -0.1) is 0 Å². The molecule has 0 radical (unpaired) electrons. The molecule has 5 nitrogen and oxygen atoms in total. The zero-order chi connectivity index (χ0) is 18.9. The standard InChI is InChI=1S/C22H34N4O/c1-21(2,26-12-7-17-5-3-4-6-18(17)14-26)15-25-20(27)19-13-22(16-24-19)8-10-23-11-9-22/h3-6,19,23-24H,7-16H2,1-2H3,(H,25,27)/t19-/m1/s1. The van der Waals surface area contributed by atoms with Crippen LogP contribution >= 0.6 is 0 Å². The predicted octanol–water partition coefficient (Wildman–Crippen LogP) is 1.67. The number of benzene rings is 1. The van der Waals surface area contributed by atoms with Crippen LogP contribution in [0, 0.1) is 5.41 Å². The second kappa shape index (κ2) is 7.53. The third kappa shape index (κ3) is 4.05. The van der Waals surface area contributed by atoms with Gasteiger partial charge in [0, 0.05) is 31.7 Å². The zero-order valence-corrected chi connectivity index (χ0v) is 16.8. The number of amides is 1. The Kier molecular flexibility index (Phi) is 5.28. The van der Waals surface area contributed by atoms with Gasteiger partial charge in [0.25, 0.3) is 0 Å². The molecule has 1 atom stereocenters. The van der Waals surface area contributed by atoms with E-state index in [2.05, 4.69) is 59.0 Å². The fraction of sp³-hybridized carbons (Fsp3) is 0.682. The molecule has 0 aliphatic carbocycles. The maximum Gasteiger partial charge on any atom is 0.237 e. The number of hydrogen-bond acceptors (Lipinski definition) is 4. The molecule has 4 rings (SSSR count). The van der Waals surface area contributed by atoms with Crippen molar-refractivity contribution in [1.82, 2.24) is 20.9 Å². The first-order valence-electron chi connectivity index (χ1n) is 10.5. The van der Waals surface area contributed by atoms with E-state index in [0.29, 0.717) is 12.0 Å². The first-order valence-corrected chi connectivity index (χ1v) is 10.5. The lowest BCUT2D eigenvalue weighted by Gasteiger charge is -2.41. The van der Waals surface area contributed by atoms with Crippen molar-refractivity contribution in [1.29, 1.82) is 0 Å². The third-order valence-electron chi connectivity index (χ3n) is 7.02. The average Bonchev–Trinajstić information content (AvgIpc) is 3.09. The van der Waals surface area contributed by atoms with Crippen molar-refractivity contribution < 1.29 is 4.79 Å². The number of nitrogens with one attached hydrogen (secondary N) is 3. The molecule has 1 aromatic carbocycles.